The van der Waals surface area contributed by atoms with Crippen LogP contribution < -0.4 is 11.1 Å². The number of ether oxygens (including phenoxy) is 1. The van der Waals surface area contributed by atoms with Gasteiger partial charge < -0.3 is 15.8 Å². The van der Waals surface area contributed by atoms with Crippen molar-refractivity contribution in [3.8, 4) is 11.1 Å². The maximum atomic E-state index is 13.3. The zero-order valence-electron chi connectivity index (χ0n) is 16.3. The van der Waals surface area contributed by atoms with E-state index in [-0.39, 0.29) is 11.9 Å². The molecule has 1 aliphatic rings. The molecule has 7 nitrogen and oxygen atoms in total. The van der Waals surface area contributed by atoms with Crippen molar-refractivity contribution < 1.29 is 9.53 Å². The topological polar surface area (TPSA) is 103 Å². The van der Waals surface area contributed by atoms with Crippen LogP contribution in [-0.2, 0) is 14.9 Å². The molecule has 7 heteroatoms. The summed E-state index contributed by atoms with van der Waals surface area (Å²) in [7, 11) is 0. The van der Waals surface area contributed by atoms with E-state index in [2.05, 4.69) is 20.3 Å². The number of nitrogens with zero attached hydrogens (tertiary/aromatic N) is 3. The Morgan fingerprint density at radius 2 is 1.66 bits per heavy atom. The molecule has 3 N–H and O–H groups in total. The number of carbonyl (C=O) groups excluding carboxylic acids is 1. The highest BCUT2D eigenvalue weighted by Gasteiger charge is 2.41. The predicted octanol–water partition coefficient (Wildman–Crippen LogP) is 3.12. The number of carbonyl (C=O) groups is 1. The van der Waals surface area contributed by atoms with Crippen LogP contribution in [0.15, 0.2) is 55.0 Å². The quantitative estimate of drug-likeness (QED) is 0.711. The molecule has 3 heterocycles. The fourth-order valence-electron chi connectivity index (χ4n) is 3.61. The lowest BCUT2D eigenvalue weighted by molar-refractivity contribution is -0.125. The molecule has 0 radical (unpaired) electrons. The maximum Gasteiger partial charge on any atom is 0.236 e. The Labute approximate surface area is 169 Å². The zero-order valence-corrected chi connectivity index (χ0v) is 16.3. The van der Waals surface area contributed by atoms with Crippen LogP contribution in [0.4, 0.5) is 11.8 Å². The SMILES string of the molecule is Cc1ccc(NC(=O)C2(c3ccc(-c4cnc(N)nc4)cc3)CCOCC2)nc1. The molecule has 1 fully saturated rings. The van der Waals surface area contributed by atoms with Crippen molar-refractivity contribution in [2.24, 2.45) is 0 Å². The normalized spacial score (nSPS) is 15.6. The number of nitrogens with one attached hydrogen (secondary N) is 1. The van der Waals surface area contributed by atoms with E-state index in [1.165, 1.54) is 0 Å². The smallest absolute Gasteiger partial charge is 0.236 e. The van der Waals surface area contributed by atoms with E-state index >= 15 is 0 Å². The van der Waals surface area contributed by atoms with Crippen molar-refractivity contribution in [1.82, 2.24) is 15.0 Å². The summed E-state index contributed by atoms with van der Waals surface area (Å²) in [6, 6.07) is 11.7. The average Bonchev–Trinajstić information content (AvgIpc) is 2.76. The molecule has 1 amide bonds. The lowest BCUT2D eigenvalue weighted by Gasteiger charge is -2.36. The van der Waals surface area contributed by atoms with E-state index in [1.54, 1.807) is 18.6 Å². The minimum absolute atomic E-state index is 0.0549. The molecule has 0 aliphatic carbocycles. The van der Waals surface area contributed by atoms with Crippen molar-refractivity contribution in [2.75, 3.05) is 24.3 Å². The van der Waals surface area contributed by atoms with Gasteiger partial charge in [-0.25, -0.2) is 15.0 Å². The minimum Gasteiger partial charge on any atom is -0.381 e. The van der Waals surface area contributed by atoms with Crippen molar-refractivity contribution in [2.45, 2.75) is 25.2 Å². The number of aryl methyl sites for hydroxylation is 1. The summed E-state index contributed by atoms with van der Waals surface area (Å²) in [5, 5.41) is 2.99. The van der Waals surface area contributed by atoms with Crippen molar-refractivity contribution in [3.63, 3.8) is 0 Å². The lowest BCUT2D eigenvalue weighted by atomic mass is 9.73. The van der Waals surface area contributed by atoms with E-state index in [0.717, 1.165) is 22.3 Å². The molecule has 2 aromatic heterocycles. The lowest BCUT2D eigenvalue weighted by Crippen LogP contribution is -2.45. The molecule has 0 bridgehead atoms. The van der Waals surface area contributed by atoms with Crippen molar-refractivity contribution in [3.05, 3.63) is 66.1 Å². The molecular weight excluding hydrogens is 366 g/mol. The monoisotopic (exact) mass is 389 g/mol. The Hall–Kier alpha value is -3.32. The highest BCUT2D eigenvalue weighted by Crippen LogP contribution is 2.37. The summed E-state index contributed by atoms with van der Waals surface area (Å²) in [6.07, 6.45) is 6.37. The predicted molar refractivity (Wildman–Crippen MR) is 111 cm³/mol. The van der Waals surface area contributed by atoms with Gasteiger partial charge in [0.15, 0.2) is 0 Å². The van der Waals surface area contributed by atoms with Gasteiger partial charge >= 0.3 is 0 Å². The van der Waals surface area contributed by atoms with Gasteiger partial charge in [0.25, 0.3) is 0 Å². The Bertz CT molecular complexity index is 979. The number of benzene rings is 1. The van der Waals surface area contributed by atoms with Gasteiger partial charge in [-0.15, -0.1) is 0 Å². The Morgan fingerprint density at radius 1 is 0.966 bits per heavy atom. The third-order valence-electron chi connectivity index (χ3n) is 5.38. The number of amides is 1. The third kappa shape index (κ3) is 3.95. The van der Waals surface area contributed by atoms with Gasteiger partial charge in [0.2, 0.25) is 11.9 Å². The van der Waals surface area contributed by atoms with Gasteiger partial charge in [0.1, 0.15) is 5.82 Å². The first-order valence-corrected chi connectivity index (χ1v) is 9.57. The number of rotatable bonds is 4. The second-order valence-corrected chi connectivity index (χ2v) is 7.28. The molecule has 0 unspecified atom stereocenters. The molecule has 1 aromatic carbocycles. The molecular formula is C22H23N5O2. The van der Waals surface area contributed by atoms with Crippen LogP contribution in [0.2, 0.25) is 0 Å². The first kappa shape index (κ1) is 19.0. The standard InChI is InChI=1S/C22H23N5O2/c1-15-2-7-19(24-12-15)27-20(28)22(8-10-29-11-9-22)18-5-3-16(4-6-18)17-13-25-21(23)26-14-17/h2-7,12-14H,8-11H2,1H3,(H2,23,25,26)(H,24,27,28). The second-order valence-electron chi connectivity index (χ2n) is 7.28. The Kier molecular flexibility index (Phi) is 5.22. The van der Waals surface area contributed by atoms with E-state index in [0.29, 0.717) is 31.9 Å². The summed E-state index contributed by atoms with van der Waals surface area (Å²) in [5.74, 6) is 0.746. The number of nitrogens with two attached hydrogens (primary N) is 1. The van der Waals surface area contributed by atoms with Crippen LogP contribution >= 0.6 is 0 Å². The van der Waals surface area contributed by atoms with Crippen LogP contribution in [0.3, 0.4) is 0 Å². The molecule has 0 spiro atoms. The molecule has 29 heavy (non-hydrogen) atoms. The fraction of sp³-hybridized carbons (Fsp3) is 0.273. The minimum atomic E-state index is -0.652. The molecule has 1 saturated heterocycles. The molecule has 0 saturated carbocycles. The fourth-order valence-corrected chi connectivity index (χ4v) is 3.61. The highest BCUT2D eigenvalue weighted by molar-refractivity contribution is 5.98. The van der Waals surface area contributed by atoms with E-state index in [9.17, 15) is 4.79 Å². The summed E-state index contributed by atoms with van der Waals surface area (Å²) >= 11 is 0. The maximum absolute atomic E-state index is 13.3. The molecule has 148 valence electrons. The Balaban J connectivity index is 1.62. The van der Waals surface area contributed by atoms with Gasteiger partial charge in [-0.05, 0) is 42.5 Å². The summed E-state index contributed by atoms with van der Waals surface area (Å²) in [4.78, 5) is 25.7. The highest BCUT2D eigenvalue weighted by atomic mass is 16.5. The number of anilines is 2. The van der Waals surface area contributed by atoms with Crippen LogP contribution in [0.25, 0.3) is 11.1 Å². The van der Waals surface area contributed by atoms with E-state index in [1.807, 2.05) is 43.3 Å². The first-order chi connectivity index (χ1) is 14.1. The molecule has 0 atom stereocenters. The van der Waals surface area contributed by atoms with E-state index in [4.69, 9.17) is 10.5 Å². The number of aromatic nitrogens is 3. The van der Waals surface area contributed by atoms with Gasteiger partial charge in [-0.1, -0.05) is 30.3 Å². The third-order valence-corrected chi connectivity index (χ3v) is 5.38. The first-order valence-electron chi connectivity index (χ1n) is 9.57. The van der Waals surface area contributed by atoms with Gasteiger partial charge in [-0.3, -0.25) is 4.79 Å². The van der Waals surface area contributed by atoms with Gasteiger partial charge in [0.05, 0.1) is 5.41 Å². The second kappa shape index (κ2) is 7.97. The Morgan fingerprint density at radius 3 is 2.28 bits per heavy atom. The van der Waals surface area contributed by atoms with Crippen LogP contribution in [-0.4, -0.2) is 34.1 Å². The zero-order chi connectivity index (χ0) is 20.3. The largest absolute Gasteiger partial charge is 0.381 e. The van der Waals surface area contributed by atoms with E-state index < -0.39 is 5.41 Å². The van der Waals surface area contributed by atoms with Crippen LogP contribution in [0.1, 0.15) is 24.0 Å². The van der Waals surface area contributed by atoms with Gasteiger partial charge in [-0.2, -0.15) is 0 Å². The van der Waals surface area contributed by atoms with Crippen LogP contribution in [0, 0.1) is 6.92 Å². The van der Waals surface area contributed by atoms with Crippen molar-refractivity contribution >= 4 is 17.7 Å². The number of nitrogen functional groups attached to an aromatic ring is 1. The molecule has 1 aliphatic heterocycles. The van der Waals surface area contributed by atoms with Crippen molar-refractivity contribution in [1.29, 1.82) is 0 Å². The van der Waals surface area contributed by atoms with Crippen LogP contribution in [0.5, 0.6) is 0 Å². The summed E-state index contributed by atoms with van der Waals surface area (Å²) in [5.41, 5.74) is 8.77. The molecule has 4 rings (SSSR count). The number of hydrogen-bond donors (Lipinski definition) is 2. The summed E-state index contributed by atoms with van der Waals surface area (Å²) in [6.45, 7) is 3.05. The summed E-state index contributed by atoms with van der Waals surface area (Å²) < 4.78 is 5.54. The average molecular weight is 389 g/mol. The molecule has 3 aromatic rings. The number of pyridine rings is 1. The number of hydrogen-bond acceptors (Lipinski definition) is 6. The van der Waals surface area contributed by atoms with Gasteiger partial charge in [0, 0.05) is 37.4 Å².